The fourth-order valence-corrected chi connectivity index (χ4v) is 5.74. The lowest BCUT2D eigenvalue weighted by Crippen LogP contribution is -2.50. The highest BCUT2D eigenvalue weighted by atomic mass is 35.5. The number of carboxylic acids is 1. The third-order valence-corrected chi connectivity index (χ3v) is 7.81. The summed E-state index contributed by atoms with van der Waals surface area (Å²) in [5.74, 6) is -1.72. The molecule has 37 heavy (non-hydrogen) atoms. The van der Waals surface area contributed by atoms with Crippen molar-refractivity contribution in [2.45, 2.75) is 63.1 Å². The van der Waals surface area contributed by atoms with Crippen LogP contribution >= 0.6 is 11.6 Å². The number of rotatable bonds is 8. The number of benzene rings is 2. The maximum absolute atomic E-state index is 14.0. The van der Waals surface area contributed by atoms with Gasteiger partial charge in [0.25, 0.3) is 11.8 Å². The van der Waals surface area contributed by atoms with Crippen molar-refractivity contribution in [2.24, 2.45) is 10.9 Å². The summed E-state index contributed by atoms with van der Waals surface area (Å²) in [6, 6.07) is 11.3. The fourth-order valence-electron chi connectivity index (χ4n) is 5.56. The lowest BCUT2D eigenvalue weighted by Gasteiger charge is -2.44. The summed E-state index contributed by atoms with van der Waals surface area (Å²) < 4.78 is 13.8. The van der Waals surface area contributed by atoms with E-state index in [-0.39, 0.29) is 35.8 Å². The number of nitrogens with one attached hydrogen (secondary N) is 1. The topological polar surface area (TPSA) is 99.1 Å². The predicted octanol–water partition coefficient (Wildman–Crippen LogP) is 5.13. The van der Waals surface area contributed by atoms with Crippen molar-refractivity contribution in [3.63, 3.8) is 0 Å². The molecule has 0 bridgehead atoms. The Morgan fingerprint density at radius 1 is 1.14 bits per heavy atom. The van der Waals surface area contributed by atoms with Crippen LogP contribution in [0.5, 0.6) is 0 Å². The Kier molecular flexibility index (Phi) is 7.03. The number of carbonyl (C=O) groups excluding carboxylic acids is 2. The number of hydrogen-bond acceptors (Lipinski definition) is 4. The van der Waals surface area contributed by atoms with Crippen LogP contribution in [0.1, 0.15) is 78.9 Å². The van der Waals surface area contributed by atoms with Gasteiger partial charge in [-0.1, -0.05) is 30.2 Å². The Labute approximate surface area is 219 Å². The van der Waals surface area contributed by atoms with Crippen LogP contribution in [0.25, 0.3) is 0 Å². The Bertz CT molecular complexity index is 1250. The van der Waals surface area contributed by atoms with Crippen molar-refractivity contribution >= 4 is 35.1 Å². The Morgan fingerprint density at radius 2 is 1.84 bits per heavy atom. The van der Waals surface area contributed by atoms with Crippen LogP contribution in [0.2, 0.25) is 5.02 Å². The van der Waals surface area contributed by atoms with Gasteiger partial charge in [-0.05, 0) is 80.3 Å². The first-order valence-electron chi connectivity index (χ1n) is 12.8. The first-order valence-corrected chi connectivity index (χ1v) is 13.2. The molecule has 1 atom stereocenters. The van der Waals surface area contributed by atoms with E-state index in [9.17, 15) is 18.8 Å². The molecule has 194 valence electrons. The van der Waals surface area contributed by atoms with E-state index in [1.54, 1.807) is 18.2 Å². The van der Waals surface area contributed by atoms with Gasteiger partial charge in [-0.15, -0.1) is 0 Å². The monoisotopic (exact) mass is 525 g/mol. The zero-order valence-corrected chi connectivity index (χ0v) is 21.1. The molecule has 1 aliphatic heterocycles. The summed E-state index contributed by atoms with van der Waals surface area (Å²) in [5, 5.41) is 11.4. The van der Waals surface area contributed by atoms with Crippen molar-refractivity contribution in [3.05, 3.63) is 70.0 Å². The van der Waals surface area contributed by atoms with E-state index < -0.39 is 17.4 Å². The fraction of sp³-hybridized carbons (Fsp3) is 0.429. The molecule has 1 heterocycles. The van der Waals surface area contributed by atoms with E-state index in [1.807, 2.05) is 17.0 Å². The first-order chi connectivity index (χ1) is 17.8. The van der Waals surface area contributed by atoms with Crippen LogP contribution in [-0.2, 0) is 9.59 Å². The minimum Gasteiger partial charge on any atom is -0.481 e. The van der Waals surface area contributed by atoms with Gasteiger partial charge in [0.15, 0.2) is 0 Å². The minimum atomic E-state index is -0.973. The van der Waals surface area contributed by atoms with Crippen LogP contribution in [0, 0.1) is 11.7 Å². The molecule has 3 aliphatic rings. The van der Waals surface area contributed by atoms with Gasteiger partial charge in [0.2, 0.25) is 0 Å². The van der Waals surface area contributed by atoms with Gasteiger partial charge in [-0.2, -0.15) is 0 Å². The van der Waals surface area contributed by atoms with E-state index in [0.29, 0.717) is 22.8 Å². The van der Waals surface area contributed by atoms with Crippen molar-refractivity contribution in [2.75, 3.05) is 6.54 Å². The minimum absolute atomic E-state index is 0.0416. The summed E-state index contributed by atoms with van der Waals surface area (Å²) >= 11 is 6.04. The molecule has 0 saturated heterocycles. The van der Waals surface area contributed by atoms with Gasteiger partial charge >= 0.3 is 5.97 Å². The molecular weight excluding hydrogens is 497 g/mol. The number of halogens is 2. The number of hydrogen-bond donors (Lipinski definition) is 2. The van der Waals surface area contributed by atoms with E-state index in [0.717, 1.165) is 50.5 Å². The van der Waals surface area contributed by atoms with Gasteiger partial charge < -0.3 is 15.3 Å². The van der Waals surface area contributed by atoms with Gasteiger partial charge in [0.1, 0.15) is 17.2 Å². The van der Waals surface area contributed by atoms with Crippen LogP contribution in [0.15, 0.2) is 47.5 Å². The van der Waals surface area contributed by atoms with E-state index in [1.165, 1.54) is 12.1 Å². The summed E-state index contributed by atoms with van der Waals surface area (Å²) in [6.07, 6.45) is 6.43. The molecule has 2 amide bonds. The number of aliphatic imine (C=N–C) groups is 1. The Balaban J connectivity index is 1.45. The molecule has 1 spiro atoms. The third kappa shape index (κ3) is 5.12. The molecule has 9 heteroatoms. The van der Waals surface area contributed by atoms with E-state index in [4.69, 9.17) is 21.7 Å². The number of carboxylic acid groups (broad SMARTS) is 1. The molecule has 0 aromatic heterocycles. The molecule has 5 rings (SSSR count). The molecule has 2 aliphatic carbocycles. The summed E-state index contributed by atoms with van der Waals surface area (Å²) in [6.45, 7) is 0.0545. The molecule has 2 saturated carbocycles. The molecule has 2 aromatic carbocycles. The highest BCUT2D eigenvalue weighted by molar-refractivity contribution is 6.47. The lowest BCUT2D eigenvalue weighted by atomic mass is 9.86. The average molecular weight is 526 g/mol. The Hall–Kier alpha value is -3.26. The number of nitrogens with zero attached hydrogens (tertiary/aromatic N) is 2. The van der Waals surface area contributed by atoms with E-state index in [2.05, 4.69) is 5.32 Å². The van der Waals surface area contributed by atoms with Gasteiger partial charge in [-0.25, -0.2) is 4.39 Å². The van der Waals surface area contributed by atoms with Crippen molar-refractivity contribution in [3.8, 4) is 0 Å². The van der Waals surface area contributed by atoms with Gasteiger partial charge in [0.05, 0.1) is 17.5 Å². The predicted molar refractivity (Wildman–Crippen MR) is 137 cm³/mol. The Morgan fingerprint density at radius 3 is 2.46 bits per heavy atom. The molecule has 2 aromatic rings. The normalized spacial score (nSPS) is 19.6. The van der Waals surface area contributed by atoms with Gasteiger partial charge in [0, 0.05) is 17.7 Å². The smallest absolute Gasteiger partial charge is 0.305 e. The third-order valence-electron chi connectivity index (χ3n) is 7.52. The average Bonchev–Trinajstić information content (AvgIpc) is 3.69. The maximum Gasteiger partial charge on any atom is 0.305 e. The zero-order valence-electron chi connectivity index (χ0n) is 20.4. The van der Waals surface area contributed by atoms with Crippen molar-refractivity contribution in [1.82, 2.24) is 10.2 Å². The second-order valence-corrected chi connectivity index (χ2v) is 10.5. The molecule has 0 unspecified atom stereocenters. The van der Waals surface area contributed by atoms with Gasteiger partial charge in [-0.3, -0.25) is 19.4 Å². The second-order valence-electron chi connectivity index (χ2n) is 10.1. The van der Waals surface area contributed by atoms with Crippen molar-refractivity contribution in [1.29, 1.82) is 0 Å². The van der Waals surface area contributed by atoms with Crippen LogP contribution in [0.3, 0.4) is 0 Å². The maximum atomic E-state index is 14.0. The molecular formula is C28H29ClFN3O4. The summed E-state index contributed by atoms with van der Waals surface area (Å²) in [4.78, 5) is 44.2. The second kappa shape index (κ2) is 10.2. The zero-order chi connectivity index (χ0) is 26.2. The molecule has 7 nitrogen and oxygen atoms in total. The standard InChI is InChI=1S/C28H29ClFN3O4/c29-21-16-20(10-11-22(21)30)24-27(37)33(28(32-24)13-2-1-3-14-28)25(17-4-5-17)18-6-8-19(9-7-18)26(36)31-15-12-23(34)35/h6-11,16-17,25H,1-5,12-15H2,(H,31,36)(H,34,35)/t25-/m1/s1. The quantitative estimate of drug-likeness (QED) is 0.499. The lowest BCUT2D eigenvalue weighted by molar-refractivity contribution is -0.137. The largest absolute Gasteiger partial charge is 0.481 e. The van der Waals surface area contributed by atoms with Crippen LogP contribution < -0.4 is 5.32 Å². The molecule has 2 fully saturated rings. The molecule has 2 N–H and O–H groups in total. The van der Waals surface area contributed by atoms with E-state index >= 15 is 0 Å². The molecule has 0 radical (unpaired) electrons. The number of carbonyl (C=O) groups is 3. The highest BCUT2D eigenvalue weighted by Gasteiger charge is 2.53. The number of amides is 2. The first kappa shape index (κ1) is 25.4. The SMILES string of the molecule is O=C(O)CCNC(=O)c1ccc([C@@H](C2CC2)N2C(=O)C(c3ccc(F)c(Cl)c3)=NC23CCCCC3)cc1. The number of aliphatic carboxylic acids is 1. The summed E-state index contributed by atoms with van der Waals surface area (Å²) in [7, 11) is 0. The van der Waals surface area contributed by atoms with Crippen LogP contribution in [-0.4, -0.2) is 45.7 Å². The summed E-state index contributed by atoms with van der Waals surface area (Å²) in [5.41, 5.74) is 1.57. The highest BCUT2D eigenvalue weighted by Crippen LogP contribution is 2.52. The van der Waals surface area contributed by atoms with Crippen LogP contribution in [0.4, 0.5) is 4.39 Å². The van der Waals surface area contributed by atoms with Crippen molar-refractivity contribution < 1.29 is 23.9 Å².